The second-order valence-electron chi connectivity index (χ2n) is 3.78. The van der Waals surface area contributed by atoms with Crippen molar-refractivity contribution in [1.82, 2.24) is 4.98 Å². The van der Waals surface area contributed by atoms with E-state index in [0.29, 0.717) is 0 Å². The predicted octanol–water partition coefficient (Wildman–Crippen LogP) is 1.68. The van der Waals surface area contributed by atoms with E-state index in [-0.39, 0.29) is 17.9 Å². The average Bonchev–Trinajstić information content (AvgIpc) is 2.43. The minimum Gasteiger partial charge on any atom is -0.327 e. The molecule has 2 atom stereocenters. The first-order chi connectivity index (χ1) is 6.91. The van der Waals surface area contributed by atoms with Crippen molar-refractivity contribution in [3.05, 3.63) is 10.7 Å². The Balaban J connectivity index is 2.70. The summed E-state index contributed by atoms with van der Waals surface area (Å²) in [6.45, 7) is 7.45. The van der Waals surface area contributed by atoms with Crippen LogP contribution in [0.1, 0.15) is 24.5 Å². The van der Waals surface area contributed by atoms with Crippen molar-refractivity contribution in [2.45, 2.75) is 33.7 Å². The first kappa shape index (κ1) is 12.1. The lowest BCUT2D eigenvalue weighted by Gasteiger charge is -2.14. The summed E-state index contributed by atoms with van der Waals surface area (Å²) in [4.78, 5) is 15.9. The minimum atomic E-state index is -0.188. The average molecular weight is 227 g/mol. The molecule has 0 fully saturated rings. The van der Waals surface area contributed by atoms with Crippen LogP contribution in [0.4, 0.5) is 5.00 Å². The number of carbonyl (C=O) groups is 1. The van der Waals surface area contributed by atoms with Gasteiger partial charge < -0.3 is 11.1 Å². The molecule has 4 nitrogen and oxygen atoms in total. The van der Waals surface area contributed by atoms with E-state index in [2.05, 4.69) is 10.3 Å². The fourth-order valence-electron chi connectivity index (χ4n) is 1.11. The fourth-order valence-corrected chi connectivity index (χ4v) is 1.93. The Kier molecular flexibility index (Phi) is 3.82. The van der Waals surface area contributed by atoms with E-state index in [1.54, 1.807) is 0 Å². The number of thiazole rings is 1. The van der Waals surface area contributed by atoms with Crippen LogP contribution in [0.2, 0.25) is 0 Å². The van der Waals surface area contributed by atoms with Gasteiger partial charge in [0.2, 0.25) is 5.91 Å². The van der Waals surface area contributed by atoms with Crippen LogP contribution in [-0.4, -0.2) is 16.9 Å². The van der Waals surface area contributed by atoms with Crippen molar-refractivity contribution in [2.75, 3.05) is 5.32 Å². The highest BCUT2D eigenvalue weighted by Crippen LogP contribution is 2.23. The summed E-state index contributed by atoms with van der Waals surface area (Å²) >= 11 is 1.49. The molecule has 0 bridgehead atoms. The van der Waals surface area contributed by atoms with Gasteiger partial charge in [0.25, 0.3) is 0 Å². The lowest BCUT2D eigenvalue weighted by atomic mass is 10.0. The summed E-state index contributed by atoms with van der Waals surface area (Å²) in [5.74, 6) is -0.233. The number of hydrogen-bond donors (Lipinski definition) is 2. The number of carbonyl (C=O) groups excluding carboxylic acids is 1. The zero-order valence-electron chi connectivity index (χ0n) is 9.50. The van der Waals surface area contributed by atoms with Crippen molar-refractivity contribution in [3.8, 4) is 0 Å². The Morgan fingerprint density at radius 1 is 1.47 bits per heavy atom. The van der Waals surface area contributed by atoms with Gasteiger partial charge in [0.1, 0.15) is 5.00 Å². The molecule has 0 saturated heterocycles. The van der Waals surface area contributed by atoms with Crippen LogP contribution in [0.3, 0.4) is 0 Å². The number of amides is 1. The van der Waals surface area contributed by atoms with Crippen molar-refractivity contribution in [1.29, 1.82) is 0 Å². The van der Waals surface area contributed by atoms with Gasteiger partial charge in [0.15, 0.2) is 0 Å². The van der Waals surface area contributed by atoms with Crippen LogP contribution in [0.15, 0.2) is 0 Å². The van der Waals surface area contributed by atoms with Gasteiger partial charge in [-0.15, -0.1) is 11.3 Å². The number of hydrogen-bond acceptors (Lipinski definition) is 4. The third-order valence-corrected chi connectivity index (χ3v) is 3.33. The first-order valence-corrected chi connectivity index (χ1v) is 5.74. The molecule has 1 aromatic heterocycles. The minimum absolute atomic E-state index is 0.0447. The topological polar surface area (TPSA) is 68.0 Å². The van der Waals surface area contributed by atoms with Crippen molar-refractivity contribution in [3.63, 3.8) is 0 Å². The molecule has 0 aromatic carbocycles. The van der Waals surface area contributed by atoms with E-state index >= 15 is 0 Å². The number of aromatic nitrogens is 1. The van der Waals surface area contributed by atoms with Crippen molar-refractivity contribution in [2.24, 2.45) is 11.7 Å². The molecule has 5 heteroatoms. The third-order valence-electron chi connectivity index (χ3n) is 2.34. The summed E-state index contributed by atoms with van der Waals surface area (Å²) in [6.07, 6.45) is 0. The molecule has 0 spiro atoms. The summed E-state index contributed by atoms with van der Waals surface area (Å²) in [6, 6.07) is -0.140. The van der Waals surface area contributed by atoms with E-state index in [4.69, 9.17) is 5.73 Å². The Labute approximate surface area is 93.9 Å². The molecule has 0 radical (unpaired) electrons. The van der Waals surface area contributed by atoms with Gasteiger partial charge in [-0.25, -0.2) is 4.98 Å². The van der Waals surface area contributed by atoms with Crippen LogP contribution in [-0.2, 0) is 4.79 Å². The number of nitrogens with two attached hydrogens (primary N) is 1. The molecule has 1 aromatic rings. The molecule has 1 amide bonds. The molecule has 15 heavy (non-hydrogen) atoms. The predicted molar refractivity (Wildman–Crippen MR) is 63.0 cm³/mol. The summed E-state index contributed by atoms with van der Waals surface area (Å²) in [5, 5.41) is 4.63. The summed E-state index contributed by atoms with van der Waals surface area (Å²) in [5.41, 5.74) is 6.52. The molecule has 3 N–H and O–H groups in total. The number of anilines is 1. The normalized spacial score (nSPS) is 14.7. The molecular formula is C10H17N3OS. The van der Waals surface area contributed by atoms with Crippen molar-refractivity contribution >= 4 is 22.2 Å². The highest BCUT2D eigenvalue weighted by atomic mass is 32.1. The van der Waals surface area contributed by atoms with E-state index < -0.39 is 0 Å². The van der Waals surface area contributed by atoms with Gasteiger partial charge >= 0.3 is 0 Å². The van der Waals surface area contributed by atoms with Gasteiger partial charge in [0.05, 0.1) is 16.6 Å². The van der Waals surface area contributed by atoms with Crippen molar-refractivity contribution < 1.29 is 4.79 Å². The highest BCUT2D eigenvalue weighted by molar-refractivity contribution is 7.16. The molecule has 84 valence electrons. The lowest BCUT2D eigenvalue weighted by Crippen LogP contribution is -2.34. The quantitative estimate of drug-likeness (QED) is 0.825. The van der Waals surface area contributed by atoms with Crippen LogP contribution in [0.5, 0.6) is 0 Å². The third kappa shape index (κ3) is 3.00. The number of aryl methyl sites for hydroxylation is 2. The van der Waals surface area contributed by atoms with Gasteiger partial charge in [0, 0.05) is 6.04 Å². The molecule has 0 aliphatic carbocycles. The standard InChI is InChI=1S/C10H17N3OS/c1-5(6(2)11)9(14)13-10-7(3)12-8(4)15-10/h5-6H,11H2,1-4H3,(H,13,14). The van der Waals surface area contributed by atoms with Crippen LogP contribution in [0.25, 0.3) is 0 Å². The van der Waals surface area contributed by atoms with Gasteiger partial charge in [-0.1, -0.05) is 6.92 Å². The fraction of sp³-hybridized carbons (Fsp3) is 0.600. The second kappa shape index (κ2) is 4.72. The molecule has 2 unspecified atom stereocenters. The summed E-state index contributed by atoms with van der Waals surface area (Å²) < 4.78 is 0. The first-order valence-electron chi connectivity index (χ1n) is 4.92. The molecule has 0 aliphatic rings. The van der Waals surface area contributed by atoms with E-state index in [9.17, 15) is 4.79 Å². The monoisotopic (exact) mass is 227 g/mol. The highest BCUT2D eigenvalue weighted by Gasteiger charge is 2.18. The molecule has 1 heterocycles. The van der Waals surface area contributed by atoms with E-state index in [1.807, 2.05) is 27.7 Å². The maximum Gasteiger partial charge on any atom is 0.229 e. The molecule has 0 aliphatic heterocycles. The Morgan fingerprint density at radius 2 is 2.07 bits per heavy atom. The molecule has 1 rings (SSSR count). The Bertz CT molecular complexity index is 360. The Morgan fingerprint density at radius 3 is 2.47 bits per heavy atom. The molecular weight excluding hydrogens is 210 g/mol. The van der Waals surface area contributed by atoms with Gasteiger partial charge in [-0.2, -0.15) is 0 Å². The number of nitrogens with one attached hydrogen (secondary N) is 1. The number of nitrogens with zero attached hydrogens (tertiary/aromatic N) is 1. The smallest absolute Gasteiger partial charge is 0.229 e. The van der Waals surface area contributed by atoms with Gasteiger partial charge in [-0.3, -0.25) is 4.79 Å². The SMILES string of the molecule is Cc1nc(C)c(NC(=O)C(C)C(C)N)s1. The lowest BCUT2D eigenvalue weighted by molar-refractivity contribution is -0.119. The maximum absolute atomic E-state index is 11.7. The largest absolute Gasteiger partial charge is 0.327 e. The summed E-state index contributed by atoms with van der Waals surface area (Å²) in [7, 11) is 0. The van der Waals surface area contributed by atoms with Crippen LogP contribution >= 0.6 is 11.3 Å². The van der Waals surface area contributed by atoms with E-state index in [0.717, 1.165) is 15.7 Å². The number of rotatable bonds is 3. The maximum atomic E-state index is 11.7. The zero-order valence-corrected chi connectivity index (χ0v) is 10.3. The molecule has 0 saturated carbocycles. The van der Waals surface area contributed by atoms with Crippen LogP contribution in [0, 0.1) is 19.8 Å². The second-order valence-corrected chi connectivity index (χ2v) is 4.99. The van der Waals surface area contributed by atoms with Crippen LogP contribution < -0.4 is 11.1 Å². The van der Waals surface area contributed by atoms with Gasteiger partial charge in [-0.05, 0) is 20.8 Å². The van der Waals surface area contributed by atoms with E-state index in [1.165, 1.54) is 11.3 Å². The zero-order chi connectivity index (χ0) is 11.6. The Hall–Kier alpha value is -0.940.